The fourth-order valence-electron chi connectivity index (χ4n) is 5.22. The third-order valence-corrected chi connectivity index (χ3v) is 10.7. The van der Waals surface area contributed by atoms with E-state index in [0.717, 1.165) is 17.4 Å². The highest BCUT2D eigenvalue weighted by Crippen LogP contribution is 2.37. The Hall–Kier alpha value is -2.04. The SMILES string of the molecule is Cc1ccc(C2c3ccsc3CCN2CC(=O)N2CCN(S(=O)(=O)c3ccc(Br)cc3)C(C)C2)cc1. The molecule has 3 heterocycles. The van der Waals surface area contributed by atoms with Gasteiger partial charge in [0.25, 0.3) is 0 Å². The summed E-state index contributed by atoms with van der Waals surface area (Å²) in [6.45, 7) is 6.18. The number of thiophene rings is 1. The summed E-state index contributed by atoms with van der Waals surface area (Å²) in [5.74, 6) is 0.0540. The molecule has 9 heteroatoms. The molecule has 2 aromatic carbocycles. The van der Waals surface area contributed by atoms with Gasteiger partial charge in [-0.2, -0.15) is 4.31 Å². The number of amides is 1. The van der Waals surface area contributed by atoms with Crippen molar-refractivity contribution in [3.8, 4) is 0 Å². The Labute approximate surface area is 225 Å². The van der Waals surface area contributed by atoms with E-state index in [-0.39, 0.29) is 22.9 Å². The van der Waals surface area contributed by atoms with Crippen molar-refractivity contribution in [3.05, 3.63) is 86.0 Å². The standard InChI is InChI=1S/C27H30BrN3O3S2/c1-19-3-5-21(6-4-19)27-24-12-16-35-25(24)11-13-30(27)18-26(32)29-14-15-31(20(2)17-29)36(33,34)23-9-7-22(28)8-10-23/h3-10,12,16,20,27H,11,13-15,17-18H2,1-2H3. The molecular formula is C27H30BrN3O3S2. The summed E-state index contributed by atoms with van der Waals surface area (Å²) in [7, 11) is -3.61. The van der Waals surface area contributed by atoms with Gasteiger partial charge in [-0.1, -0.05) is 45.8 Å². The van der Waals surface area contributed by atoms with Crippen LogP contribution in [0.4, 0.5) is 0 Å². The Bertz CT molecular complexity index is 1340. The number of sulfonamides is 1. The summed E-state index contributed by atoms with van der Waals surface area (Å²) in [5.41, 5.74) is 3.71. The van der Waals surface area contributed by atoms with Gasteiger partial charge >= 0.3 is 0 Å². The third kappa shape index (κ3) is 5.04. The first-order chi connectivity index (χ1) is 17.2. The van der Waals surface area contributed by atoms with Crippen LogP contribution in [0.15, 0.2) is 69.3 Å². The van der Waals surface area contributed by atoms with Gasteiger partial charge in [0.1, 0.15) is 0 Å². The average Bonchev–Trinajstić information content (AvgIpc) is 3.33. The van der Waals surface area contributed by atoms with Crippen LogP contribution in [0.5, 0.6) is 0 Å². The highest BCUT2D eigenvalue weighted by molar-refractivity contribution is 9.10. The predicted octanol–water partition coefficient (Wildman–Crippen LogP) is 4.69. The molecule has 1 amide bonds. The lowest BCUT2D eigenvalue weighted by Crippen LogP contribution is -2.57. The molecule has 2 aliphatic heterocycles. The first-order valence-corrected chi connectivity index (χ1v) is 15.3. The summed E-state index contributed by atoms with van der Waals surface area (Å²) in [6, 6.07) is 17.2. The Kier molecular flexibility index (Phi) is 7.38. The molecule has 0 spiro atoms. The number of fused-ring (bicyclic) bond motifs is 1. The number of hydrogen-bond acceptors (Lipinski definition) is 5. The minimum absolute atomic E-state index is 0.0540. The summed E-state index contributed by atoms with van der Waals surface area (Å²) in [4.78, 5) is 19.2. The van der Waals surface area contributed by atoms with Crippen molar-refractivity contribution in [1.82, 2.24) is 14.1 Å². The number of carbonyl (C=O) groups is 1. The molecule has 0 bridgehead atoms. The van der Waals surface area contributed by atoms with Gasteiger partial charge in [-0.25, -0.2) is 8.42 Å². The maximum absolute atomic E-state index is 13.5. The molecule has 0 saturated carbocycles. The molecule has 5 rings (SSSR count). The summed E-state index contributed by atoms with van der Waals surface area (Å²) < 4.78 is 28.8. The number of halogens is 1. The molecule has 6 nitrogen and oxygen atoms in total. The minimum atomic E-state index is -3.61. The van der Waals surface area contributed by atoms with Crippen LogP contribution in [0, 0.1) is 6.92 Å². The zero-order valence-electron chi connectivity index (χ0n) is 20.4. The van der Waals surface area contributed by atoms with Crippen LogP contribution in [0.25, 0.3) is 0 Å². The van der Waals surface area contributed by atoms with Crippen molar-refractivity contribution in [1.29, 1.82) is 0 Å². The number of carbonyl (C=O) groups excluding carboxylic acids is 1. The van der Waals surface area contributed by atoms with Gasteiger partial charge in [-0.05, 0) is 67.1 Å². The predicted molar refractivity (Wildman–Crippen MR) is 147 cm³/mol. The van der Waals surface area contributed by atoms with E-state index in [4.69, 9.17) is 0 Å². The normalized spacial score (nSPS) is 21.4. The maximum atomic E-state index is 13.5. The number of aryl methyl sites for hydroxylation is 1. The fraction of sp³-hybridized carbons (Fsp3) is 0.370. The highest BCUT2D eigenvalue weighted by Gasteiger charge is 2.37. The van der Waals surface area contributed by atoms with Crippen molar-refractivity contribution >= 4 is 43.2 Å². The molecule has 2 atom stereocenters. The molecular weight excluding hydrogens is 558 g/mol. The maximum Gasteiger partial charge on any atom is 0.243 e. The van der Waals surface area contributed by atoms with E-state index in [1.807, 2.05) is 11.8 Å². The number of rotatable bonds is 5. The van der Waals surface area contributed by atoms with E-state index in [1.165, 1.54) is 25.9 Å². The second kappa shape index (κ2) is 10.4. The van der Waals surface area contributed by atoms with Gasteiger partial charge in [0.2, 0.25) is 15.9 Å². The molecule has 36 heavy (non-hydrogen) atoms. The Balaban J connectivity index is 1.30. The molecule has 2 unspecified atom stereocenters. The third-order valence-electron chi connectivity index (χ3n) is 7.14. The van der Waals surface area contributed by atoms with Crippen molar-refractivity contribution < 1.29 is 13.2 Å². The van der Waals surface area contributed by atoms with Crippen molar-refractivity contribution in [3.63, 3.8) is 0 Å². The molecule has 1 aromatic heterocycles. The second-order valence-corrected chi connectivity index (χ2v) is 13.4. The van der Waals surface area contributed by atoms with Crippen molar-refractivity contribution in [2.45, 2.75) is 37.2 Å². The van der Waals surface area contributed by atoms with E-state index in [1.54, 1.807) is 35.6 Å². The van der Waals surface area contributed by atoms with Gasteiger partial charge in [0, 0.05) is 41.6 Å². The van der Waals surface area contributed by atoms with Gasteiger partial charge in [0.05, 0.1) is 17.5 Å². The Morgan fingerprint density at radius 1 is 1.03 bits per heavy atom. The summed E-state index contributed by atoms with van der Waals surface area (Å²) in [6.07, 6.45) is 0.943. The fourth-order valence-corrected chi connectivity index (χ4v) is 8.00. The zero-order chi connectivity index (χ0) is 25.4. The van der Waals surface area contributed by atoms with E-state index in [9.17, 15) is 13.2 Å². The molecule has 2 aliphatic rings. The van der Waals surface area contributed by atoms with Gasteiger partial charge in [-0.3, -0.25) is 9.69 Å². The topological polar surface area (TPSA) is 60.9 Å². The minimum Gasteiger partial charge on any atom is -0.339 e. The summed E-state index contributed by atoms with van der Waals surface area (Å²) >= 11 is 5.15. The lowest BCUT2D eigenvalue weighted by atomic mass is 9.92. The lowest BCUT2D eigenvalue weighted by molar-refractivity contribution is -0.135. The first kappa shape index (κ1) is 25.6. The molecule has 1 fully saturated rings. The highest BCUT2D eigenvalue weighted by atomic mass is 79.9. The molecule has 190 valence electrons. The van der Waals surface area contributed by atoms with Crippen LogP contribution >= 0.6 is 27.3 Å². The second-order valence-electron chi connectivity index (χ2n) is 9.59. The lowest BCUT2D eigenvalue weighted by Gasteiger charge is -2.41. The van der Waals surface area contributed by atoms with Gasteiger partial charge < -0.3 is 4.90 Å². The van der Waals surface area contributed by atoms with Crippen molar-refractivity contribution in [2.24, 2.45) is 0 Å². The monoisotopic (exact) mass is 587 g/mol. The largest absolute Gasteiger partial charge is 0.339 e. The van der Waals surface area contributed by atoms with E-state index in [2.05, 4.69) is 63.5 Å². The van der Waals surface area contributed by atoms with Crippen LogP contribution in [0.1, 0.15) is 34.5 Å². The molecule has 1 saturated heterocycles. The zero-order valence-corrected chi connectivity index (χ0v) is 23.7. The smallest absolute Gasteiger partial charge is 0.243 e. The van der Waals surface area contributed by atoms with Crippen LogP contribution in [0.2, 0.25) is 0 Å². The van der Waals surface area contributed by atoms with Crippen molar-refractivity contribution in [2.75, 3.05) is 32.7 Å². The van der Waals surface area contributed by atoms with Gasteiger partial charge in [0.15, 0.2) is 0 Å². The molecule has 3 aromatic rings. The average molecular weight is 589 g/mol. The molecule has 0 N–H and O–H groups in total. The number of hydrogen-bond donors (Lipinski definition) is 0. The Morgan fingerprint density at radius 2 is 1.75 bits per heavy atom. The van der Waals surface area contributed by atoms with Crippen LogP contribution in [0.3, 0.4) is 0 Å². The van der Waals surface area contributed by atoms with Crippen LogP contribution < -0.4 is 0 Å². The Morgan fingerprint density at radius 3 is 2.44 bits per heavy atom. The van der Waals surface area contributed by atoms with Crippen LogP contribution in [-0.4, -0.2) is 67.2 Å². The first-order valence-electron chi connectivity index (χ1n) is 12.2. The molecule has 0 aliphatic carbocycles. The van der Waals surface area contributed by atoms with Gasteiger partial charge in [-0.15, -0.1) is 11.3 Å². The quantitative estimate of drug-likeness (QED) is 0.434. The van der Waals surface area contributed by atoms with E-state index in [0.29, 0.717) is 26.2 Å². The van der Waals surface area contributed by atoms with Crippen LogP contribution in [-0.2, 0) is 21.2 Å². The number of nitrogens with zero attached hydrogens (tertiary/aromatic N) is 3. The number of benzene rings is 2. The van der Waals surface area contributed by atoms with E-state index < -0.39 is 10.0 Å². The molecule has 0 radical (unpaired) electrons. The number of piperazine rings is 1. The summed E-state index contributed by atoms with van der Waals surface area (Å²) in [5, 5.41) is 2.14. The van der Waals surface area contributed by atoms with E-state index >= 15 is 0 Å².